The van der Waals surface area contributed by atoms with Crippen LogP contribution in [0, 0.1) is 10.1 Å². The standard InChI is InChI=1S/C8H7ClN2O8S2/c9-7-4(11(16)17)2-6(20-7)21(18,19)10-3(8(14)15)1-5(12)13/h2-3,10H,1H2,(H,12,13)(H,14,15)/t3-/m1/s1. The van der Waals surface area contributed by atoms with E-state index in [4.69, 9.17) is 21.8 Å². The number of rotatable bonds is 7. The first-order valence-electron chi connectivity index (χ1n) is 4.95. The van der Waals surface area contributed by atoms with E-state index in [1.54, 1.807) is 4.72 Å². The number of carboxylic acid groups (broad SMARTS) is 2. The van der Waals surface area contributed by atoms with Crippen molar-refractivity contribution in [3.8, 4) is 0 Å². The molecular weight excluding hydrogens is 352 g/mol. The molecule has 0 aliphatic carbocycles. The Morgan fingerprint density at radius 1 is 1.48 bits per heavy atom. The monoisotopic (exact) mass is 358 g/mol. The Morgan fingerprint density at radius 2 is 2.05 bits per heavy atom. The molecule has 0 bridgehead atoms. The second kappa shape index (κ2) is 6.34. The van der Waals surface area contributed by atoms with Gasteiger partial charge in [0.25, 0.3) is 15.7 Å². The number of carbonyl (C=O) groups is 2. The van der Waals surface area contributed by atoms with Crippen LogP contribution in [0.25, 0.3) is 0 Å². The summed E-state index contributed by atoms with van der Waals surface area (Å²) < 4.78 is 24.4. The van der Waals surface area contributed by atoms with E-state index in [0.29, 0.717) is 17.4 Å². The summed E-state index contributed by atoms with van der Waals surface area (Å²) in [6.07, 6.45) is -0.990. The van der Waals surface area contributed by atoms with E-state index < -0.39 is 53.6 Å². The largest absolute Gasteiger partial charge is 0.481 e. The summed E-state index contributed by atoms with van der Waals surface area (Å²) in [6.45, 7) is 0. The Balaban J connectivity index is 3.10. The zero-order chi connectivity index (χ0) is 16.4. The number of sulfonamides is 1. The topological polar surface area (TPSA) is 164 Å². The van der Waals surface area contributed by atoms with Gasteiger partial charge in [0, 0.05) is 6.07 Å². The minimum absolute atomic E-state index is 0.355. The van der Waals surface area contributed by atoms with E-state index in [1.807, 2.05) is 0 Å². The molecule has 1 atom stereocenters. The first kappa shape index (κ1) is 17.3. The van der Waals surface area contributed by atoms with Crippen molar-refractivity contribution in [3.63, 3.8) is 0 Å². The van der Waals surface area contributed by atoms with E-state index in [0.717, 1.165) is 0 Å². The van der Waals surface area contributed by atoms with Crippen molar-refractivity contribution in [2.24, 2.45) is 0 Å². The van der Waals surface area contributed by atoms with Crippen LogP contribution in [0.3, 0.4) is 0 Å². The first-order valence-corrected chi connectivity index (χ1v) is 7.63. The summed E-state index contributed by atoms with van der Waals surface area (Å²) in [5.74, 6) is -3.22. The van der Waals surface area contributed by atoms with Gasteiger partial charge in [-0.1, -0.05) is 11.6 Å². The quantitative estimate of drug-likeness (QED) is 0.468. The van der Waals surface area contributed by atoms with E-state index in [1.165, 1.54) is 0 Å². The average molecular weight is 359 g/mol. The number of carboxylic acids is 2. The summed E-state index contributed by atoms with van der Waals surface area (Å²) in [5, 5.41) is 27.9. The number of hydrogen-bond acceptors (Lipinski definition) is 7. The fraction of sp³-hybridized carbons (Fsp3) is 0.250. The van der Waals surface area contributed by atoms with Crippen LogP contribution < -0.4 is 4.72 Å². The molecule has 13 heteroatoms. The van der Waals surface area contributed by atoms with Crippen molar-refractivity contribution in [2.45, 2.75) is 16.7 Å². The third-order valence-electron chi connectivity index (χ3n) is 2.08. The second-order valence-corrected chi connectivity index (χ2v) is 7.19. The summed E-state index contributed by atoms with van der Waals surface area (Å²) in [6, 6.07) is -1.25. The van der Waals surface area contributed by atoms with Gasteiger partial charge in [0.15, 0.2) is 4.34 Å². The lowest BCUT2D eigenvalue weighted by atomic mass is 10.2. The molecule has 0 saturated heterocycles. The first-order chi connectivity index (χ1) is 9.54. The number of hydrogen-bond donors (Lipinski definition) is 3. The fourth-order valence-corrected chi connectivity index (χ4v) is 4.06. The van der Waals surface area contributed by atoms with Crippen molar-refractivity contribution in [1.82, 2.24) is 4.72 Å². The number of nitrogens with zero attached hydrogens (tertiary/aromatic N) is 1. The van der Waals surface area contributed by atoms with Crippen LogP contribution in [-0.2, 0) is 19.6 Å². The van der Waals surface area contributed by atoms with Crippen molar-refractivity contribution < 1.29 is 33.1 Å². The van der Waals surface area contributed by atoms with Gasteiger partial charge in [0.1, 0.15) is 10.3 Å². The number of aliphatic carboxylic acids is 2. The van der Waals surface area contributed by atoms with Gasteiger partial charge in [-0.2, -0.15) is 4.72 Å². The predicted molar refractivity (Wildman–Crippen MR) is 70.0 cm³/mol. The molecule has 10 nitrogen and oxygen atoms in total. The number of nitrogens with one attached hydrogen (secondary N) is 1. The van der Waals surface area contributed by atoms with Crippen LogP contribution in [0.1, 0.15) is 6.42 Å². The molecule has 0 aliphatic rings. The smallest absolute Gasteiger partial charge is 0.322 e. The van der Waals surface area contributed by atoms with E-state index in [-0.39, 0.29) is 0 Å². The number of halogens is 1. The molecule has 0 radical (unpaired) electrons. The van der Waals surface area contributed by atoms with Gasteiger partial charge in [0.05, 0.1) is 11.3 Å². The van der Waals surface area contributed by atoms with E-state index in [2.05, 4.69) is 0 Å². The molecule has 0 saturated carbocycles. The van der Waals surface area contributed by atoms with Crippen molar-refractivity contribution in [3.05, 3.63) is 20.5 Å². The average Bonchev–Trinajstić information content (AvgIpc) is 2.70. The van der Waals surface area contributed by atoms with Crippen molar-refractivity contribution in [1.29, 1.82) is 0 Å². The molecule has 21 heavy (non-hydrogen) atoms. The van der Waals surface area contributed by atoms with Crippen LogP contribution >= 0.6 is 22.9 Å². The molecule has 0 spiro atoms. The molecule has 1 heterocycles. The highest BCUT2D eigenvalue weighted by atomic mass is 35.5. The maximum atomic E-state index is 11.9. The lowest BCUT2D eigenvalue weighted by molar-refractivity contribution is -0.384. The lowest BCUT2D eigenvalue weighted by Crippen LogP contribution is -2.41. The molecule has 0 aliphatic heterocycles. The third kappa shape index (κ3) is 4.35. The van der Waals surface area contributed by atoms with Gasteiger partial charge in [0.2, 0.25) is 0 Å². The van der Waals surface area contributed by atoms with Gasteiger partial charge >= 0.3 is 11.9 Å². The van der Waals surface area contributed by atoms with E-state index >= 15 is 0 Å². The molecule has 1 aromatic heterocycles. The highest BCUT2D eigenvalue weighted by Gasteiger charge is 2.31. The molecule has 0 aromatic carbocycles. The zero-order valence-electron chi connectivity index (χ0n) is 9.85. The minimum atomic E-state index is -4.45. The highest BCUT2D eigenvalue weighted by molar-refractivity contribution is 7.91. The Labute approximate surface area is 126 Å². The maximum absolute atomic E-state index is 11.9. The van der Waals surface area contributed by atoms with Crippen LogP contribution in [0.4, 0.5) is 5.69 Å². The molecule has 0 fully saturated rings. The van der Waals surface area contributed by atoms with Crippen LogP contribution in [0.15, 0.2) is 10.3 Å². The SMILES string of the molecule is O=C(O)C[C@@H](NS(=O)(=O)c1cc([N+](=O)[O-])c(Cl)s1)C(=O)O. The number of nitro groups is 1. The molecule has 0 unspecified atom stereocenters. The third-order valence-corrected chi connectivity index (χ3v) is 5.37. The van der Waals surface area contributed by atoms with Gasteiger partial charge < -0.3 is 10.2 Å². The van der Waals surface area contributed by atoms with Crippen LogP contribution in [0.2, 0.25) is 4.34 Å². The summed E-state index contributed by atoms with van der Waals surface area (Å²) in [5.41, 5.74) is -0.646. The number of thiophene rings is 1. The second-order valence-electron chi connectivity index (χ2n) is 3.59. The molecule has 1 rings (SSSR count). The lowest BCUT2D eigenvalue weighted by Gasteiger charge is -2.11. The Kier molecular flexibility index (Phi) is 5.22. The van der Waals surface area contributed by atoms with Gasteiger partial charge in [-0.15, -0.1) is 11.3 Å². The Morgan fingerprint density at radius 3 is 2.43 bits per heavy atom. The summed E-state index contributed by atoms with van der Waals surface area (Å²) in [4.78, 5) is 31.0. The molecule has 0 amide bonds. The molecule has 1 aromatic rings. The summed E-state index contributed by atoms with van der Waals surface area (Å²) >= 11 is 5.86. The fourth-order valence-electron chi connectivity index (χ4n) is 1.19. The van der Waals surface area contributed by atoms with Crippen molar-refractivity contribution >= 4 is 50.6 Å². The van der Waals surface area contributed by atoms with Gasteiger partial charge in [-0.3, -0.25) is 19.7 Å². The Hall–Kier alpha value is -1.76. The normalized spacial score (nSPS) is 12.8. The van der Waals surface area contributed by atoms with E-state index in [9.17, 15) is 28.1 Å². The highest BCUT2D eigenvalue weighted by Crippen LogP contribution is 2.36. The molecule has 3 N–H and O–H groups in total. The summed E-state index contributed by atoms with van der Waals surface area (Å²) in [7, 11) is -4.45. The maximum Gasteiger partial charge on any atom is 0.322 e. The van der Waals surface area contributed by atoms with Crippen molar-refractivity contribution in [2.75, 3.05) is 0 Å². The molecule has 116 valence electrons. The van der Waals surface area contributed by atoms with Crippen LogP contribution in [0.5, 0.6) is 0 Å². The minimum Gasteiger partial charge on any atom is -0.481 e. The zero-order valence-corrected chi connectivity index (χ0v) is 12.2. The Bertz CT molecular complexity index is 697. The van der Waals surface area contributed by atoms with Crippen LogP contribution in [-0.4, -0.2) is 41.5 Å². The van der Waals surface area contributed by atoms with Gasteiger partial charge in [-0.05, 0) is 0 Å². The van der Waals surface area contributed by atoms with Gasteiger partial charge in [-0.25, -0.2) is 8.42 Å². The predicted octanol–water partition coefficient (Wildman–Crippen LogP) is 0.516. The molecular formula is C8H7ClN2O8S2.